The Kier molecular flexibility index (Phi) is 3.98. The lowest BCUT2D eigenvalue weighted by Crippen LogP contribution is -2.41. The van der Waals surface area contributed by atoms with Crippen molar-refractivity contribution in [3.63, 3.8) is 0 Å². The molecule has 1 aliphatic heterocycles. The van der Waals surface area contributed by atoms with E-state index in [1.807, 2.05) is 24.3 Å². The number of aryl methyl sites for hydroxylation is 1. The number of hydrogen-bond acceptors (Lipinski definition) is 4. The number of carbonyl (C=O) groups is 3. The van der Waals surface area contributed by atoms with Crippen LogP contribution in [-0.4, -0.2) is 29.7 Å². The van der Waals surface area contributed by atoms with E-state index >= 15 is 0 Å². The molecule has 6 heteroatoms. The second kappa shape index (κ2) is 6.23. The van der Waals surface area contributed by atoms with Crippen LogP contribution in [0.3, 0.4) is 0 Å². The average molecular weight is 364 g/mol. The number of fused-ring (bicyclic) bond motifs is 2. The first-order chi connectivity index (χ1) is 13.0. The zero-order valence-corrected chi connectivity index (χ0v) is 15.2. The first kappa shape index (κ1) is 17.3. The lowest BCUT2D eigenvalue weighted by Gasteiger charge is -2.22. The van der Waals surface area contributed by atoms with Crippen molar-refractivity contribution < 1.29 is 19.1 Å². The van der Waals surface area contributed by atoms with E-state index in [1.165, 1.54) is 18.9 Å². The highest BCUT2D eigenvalue weighted by atomic mass is 16.5. The molecular weight excluding hydrogens is 344 g/mol. The molecule has 1 heterocycles. The van der Waals surface area contributed by atoms with Gasteiger partial charge in [0.05, 0.1) is 13.7 Å². The number of Topliss-reactive ketones (excluding diaryl/α,β-unsaturated/α-hetero) is 1. The summed E-state index contributed by atoms with van der Waals surface area (Å²) in [6.45, 7) is 1.53. The monoisotopic (exact) mass is 364 g/mol. The molecule has 6 nitrogen and oxygen atoms in total. The summed E-state index contributed by atoms with van der Waals surface area (Å²) >= 11 is 0. The minimum atomic E-state index is -0.987. The van der Waals surface area contributed by atoms with E-state index in [0.717, 1.165) is 17.5 Å². The second-order valence-corrected chi connectivity index (χ2v) is 6.97. The predicted octanol–water partition coefficient (Wildman–Crippen LogP) is 2.79. The average Bonchev–Trinajstić information content (AvgIpc) is 3.15. The quantitative estimate of drug-likeness (QED) is 0.669. The number of nitrogens with zero attached hydrogens (tertiary/aromatic N) is 1. The summed E-state index contributed by atoms with van der Waals surface area (Å²) in [6.07, 6.45) is 1.30. The van der Waals surface area contributed by atoms with Crippen LogP contribution < -0.4 is 10.1 Å². The van der Waals surface area contributed by atoms with E-state index in [1.54, 1.807) is 18.2 Å². The number of benzene rings is 2. The molecule has 1 N–H and O–H groups in total. The van der Waals surface area contributed by atoms with Crippen LogP contribution >= 0.6 is 0 Å². The summed E-state index contributed by atoms with van der Waals surface area (Å²) in [4.78, 5) is 38.8. The molecule has 1 fully saturated rings. The summed E-state index contributed by atoms with van der Waals surface area (Å²) in [5.74, 6) is 0.193. The number of amides is 3. The molecule has 4 rings (SSSR count). The van der Waals surface area contributed by atoms with Gasteiger partial charge >= 0.3 is 6.03 Å². The van der Waals surface area contributed by atoms with Gasteiger partial charge in [0.1, 0.15) is 11.3 Å². The number of hydrogen-bond donors (Lipinski definition) is 1. The van der Waals surface area contributed by atoms with E-state index in [2.05, 4.69) is 5.32 Å². The minimum absolute atomic E-state index is 0.0544. The van der Waals surface area contributed by atoms with Crippen LogP contribution in [0, 0.1) is 0 Å². The molecule has 1 unspecified atom stereocenters. The molecule has 1 saturated heterocycles. The van der Waals surface area contributed by atoms with E-state index in [4.69, 9.17) is 4.74 Å². The number of urea groups is 1. The number of ketones is 1. The molecule has 1 atom stereocenters. The lowest BCUT2D eigenvalue weighted by molar-refractivity contribution is -0.132. The van der Waals surface area contributed by atoms with Crippen molar-refractivity contribution in [1.29, 1.82) is 0 Å². The second-order valence-electron chi connectivity index (χ2n) is 6.97. The number of carbonyl (C=O) groups excluding carboxylic acids is 3. The van der Waals surface area contributed by atoms with Crippen LogP contribution in [0.15, 0.2) is 42.5 Å². The van der Waals surface area contributed by atoms with E-state index in [-0.39, 0.29) is 18.2 Å². The van der Waals surface area contributed by atoms with Gasteiger partial charge in [0.2, 0.25) is 0 Å². The summed E-state index contributed by atoms with van der Waals surface area (Å²) in [5, 5.41) is 2.91. The fourth-order valence-electron chi connectivity index (χ4n) is 4.02. The van der Waals surface area contributed by atoms with E-state index in [0.29, 0.717) is 23.3 Å². The molecule has 0 radical (unpaired) electrons. The Morgan fingerprint density at radius 3 is 2.74 bits per heavy atom. The Labute approximate surface area is 157 Å². The number of rotatable bonds is 4. The molecule has 0 saturated carbocycles. The van der Waals surface area contributed by atoms with Crippen molar-refractivity contribution in [1.82, 2.24) is 10.2 Å². The van der Waals surface area contributed by atoms with Crippen molar-refractivity contribution in [2.24, 2.45) is 0 Å². The Bertz CT molecular complexity index is 968. The fraction of sp³-hybridized carbons (Fsp3) is 0.286. The molecule has 3 amide bonds. The fourth-order valence-corrected chi connectivity index (χ4v) is 4.02. The Morgan fingerprint density at radius 2 is 2.00 bits per heavy atom. The number of ether oxygens (including phenoxy) is 1. The van der Waals surface area contributed by atoms with Crippen LogP contribution in [0.25, 0.3) is 0 Å². The normalized spacial score (nSPS) is 20.7. The Morgan fingerprint density at radius 1 is 1.22 bits per heavy atom. The van der Waals surface area contributed by atoms with Crippen molar-refractivity contribution in [3.05, 3.63) is 64.7 Å². The van der Waals surface area contributed by atoms with Gasteiger partial charge in [0, 0.05) is 11.1 Å². The zero-order chi connectivity index (χ0) is 19.2. The van der Waals surface area contributed by atoms with Crippen LogP contribution in [0.2, 0.25) is 0 Å². The van der Waals surface area contributed by atoms with Gasteiger partial charge in [-0.2, -0.15) is 0 Å². The molecule has 2 aliphatic rings. The summed E-state index contributed by atoms with van der Waals surface area (Å²) in [5.41, 5.74) is 2.11. The zero-order valence-electron chi connectivity index (χ0n) is 15.2. The third-order valence-electron chi connectivity index (χ3n) is 5.44. The highest BCUT2D eigenvalue weighted by molar-refractivity contribution is 6.08. The van der Waals surface area contributed by atoms with Gasteiger partial charge in [0.25, 0.3) is 5.91 Å². The predicted molar refractivity (Wildman–Crippen MR) is 98.5 cm³/mol. The van der Waals surface area contributed by atoms with Crippen molar-refractivity contribution in [2.75, 3.05) is 7.11 Å². The maximum absolute atomic E-state index is 13.3. The third kappa shape index (κ3) is 2.60. The highest BCUT2D eigenvalue weighted by Gasteiger charge is 2.55. The van der Waals surface area contributed by atoms with Gasteiger partial charge < -0.3 is 10.1 Å². The molecular formula is C21H20N2O4. The summed E-state index contributed by atoms with van der Waals surface area (Å²) in [7, 11) is 1.52. The molecule has 1 aliphatic carbocycles. The highest BCUT2D eigenvalue weighted by Crippen LogP contribution is 2.41. The first-order valence-electron chi connectivity index (χ1n) is 8.86. The molecule has 0 aromatic heterocycles. The summed E-state index contributed by atoms with van der Waals surface area (Å²) < 4.78 is 5.35. The van der Waals surface area contributed by atoms with Crippen LogP contribution in [0.5, 0.6) is 5.75 Å². The van der Waals surface area contributed by atoms with Gasteiger partial charge in [-0.1, -0.05) is 24.3 Å². The van der Waals surface area contributed by atoms with Crippen LogP contribution in [-0.2, 0) is 23.3 Å². The number of methoxy groups -OCH3 is 1. The summed E-state index contributed by atoms with van der Waals surface area (Å²) in [6, 6.07) is 12.3. The molecule has 0 bridgehead atoms. The molecule has 2 aromatic rings. The van der Waals surface area contributed by atoms with Crippen LogP contribution in [0.1, 0.15) is 40.4 Å². The third-order valence-corrected chi connectivity index (χ3v) is 5.44. The van der Waals surface area contributed by atoms with Gasteiger partial charge in [0.15, 0.2) is 5.78 Å². The topological polar surface area (TPSA) is 75.7 Å². The van der Waals surface area contributed by atoms with Crippen molar-refractivity contribution in [2.45, 2.75) is 31.8 Å². The van der Waals surface area contributed by atoms with Crippen molar-refractivity contribution >= 4 is 17.7 Å². The van der Waals surface area contributed by atoms with E-state index < -0.39 is 11.6 Å². The maximum atomic E-state index is 13.3. The van der Waals surface area contributed by atoms with Gasteiger partial charge in [-0.15, -0.1) is 0 Å². The number of imide groups is 1. The molecule has 138 valence electrons. The molecule has 27 heavy (non-hydrogen) atoms. The van der Waals surface area contributed by atoms with Gasteiger partial charge in [-0.25, -0.2) is 4.79 Å². The number of nitrogens with one attached hydrogen (secondary N) is 1. The maximum Gasteiger partial charge on any atom is 0.325 e. The standard InChI is InChI=1S/C21H20N2O4/c1-13(24)15-7-8-18(27-2)16(11-15)12-23-19(25)21(22-20(23)26)10-9-14-5-3-4-6-17(14)21/h3-8,11H,9-10,12H2,1-2H3,(H,22,26). The van der Waals surface area contributed by atoms with Gasteiger partial charge in [-0.05, 0) is 49.1 Å². The van der Waals surface area contributed by atoms with Crippen molar-refractivity contribution in [3.8, 4) is 5.75 Å². The van der Waals surface area contributed by atoms with Crippen LogP contribution in [0.4, 0.5) is 4.79 Å². The minimum Gasteiger partial charge on any atom is -0.496 e. The smallest absolute Gasteiger partial charge is 0.325 e. The Balaban J connectivity index is 1.69. The van der Waals surface area contributed by atoms with E-state index in [9.17, 15) is 14.4 Å². The Hall–Kier alpha value is -3.15. The lowest BCUT2D eigenvalue weighted by atomic mass is 9.92. The SMILES string of the molecule is COc1ccc(C(C)=O)cc1CN1C(=O)NC2(CCc3ccccc32)C1=O. The molecule has 2 aromatic carbocycles. The largest absolute Gasteiger partial charge is 0.496 e. The molecule has 1 spiro atoms. The first-order valence-corrected chi connectivity index (χ1v) is 8.86. The van der Waals surface area contributed by atoms with Gasteiger partial charge in [-0.3, -0.25) is 14.5 Å².